The molecule has 0 saturated carbocycles. The van der Waals surface area contributed by atoms with E-state index in [9.17, 15) is 9.59 Å². The number of methoxy groups -OCH3 is 1. The van der Waals surface area contributed by atoms with E-state index in [2.05, 4.69) is 30.7 Å². The van der Waals surface area contributed by atoms with Crippen LogP contribution in [0.15, 0.2) is 48.5 Å². The van der Waals surface area contributed by atoms with E-state index in [-0.39, 0.29) is 24.9 Å². The molecule has 33 heavy (non-hydrogen) atoms. The summed E-state index contributed by atoms with van der Waals surface area (Å²) in [5.74, 6) is 2.38. The number of nitrogens with zero attached hydrogens (tertiary/aromatic N) is 3. The third-order valence-corrected chi connectivity index (χ3v) is 5.50. The Morgan fingerprint density at radius 3 is 2.67 bits per heavy atom. The number of carbonyl (C=O) groups is 2. The van der Waals surface area contributed by atoms with Gasteiger partial charge in [-0.15, -0.1) is 10.2 Å². The number of hydrogen-bond donors (Lipinski definition) is 3. The fourth-order valence-electron chi connectivity index (χ4n) is 3.80. The van der Waals surface area contributed by atoms with Gasteiger partial charge in [-0.3, -0.25) is 4.79 Å². The number of rotatable bonds is 7. The van der Waals surface area contributed by atoms with Gasteiger partial charge < -0.3 is 25.3 Å². The summed E-state index contributed by atoms with van der Waals surface area (Å²) in [4.78, 5) is 24.4. The van der Waals surface area contributed by atoms with Gasteiger partial charge in [-0.05, 0) is 49.2 Å². The van der Waals surface area contributed by atoms with Crippen molar-refractivity contribution >= 4 is 23.3 Å². The minimum Gasteiger partial charge on any atom is -0.497 e. The maximum absolute atomic E-state index is 12.4. The zero-order chi connectivity index (χ0) is 23.0. The van der Waals surface area contributed by atoms with Crippen molar-refractivity contribution in [3.63, 3.8) is 0 Å². The van der Waals surface area contributed by atoms with Crippen molar-refractivity contribution in [1.29, 1.82) is 0 Å². The molecule has 0 fully saturated rings. The summed E-state index contributed by atoms with van der Waals surface area (Å²) in [6.07, 6.45) is 4.56. The second-order valence-corrected chi connectivity index (χ2v) is 7.89. The van der Waals surface area contributed by atoms with Crippen LogP contribution in [0.1, 0.15) is 31.5 Å². The third-order valence-electron chi connectivity index (χ3n) is 5.50. The van der Waals surface area contributed by atoms with Gasteiger partial charge in [0, 0.05) is 42.9 Å². The second-order valence-electron chi connectivity index (χ2n) is 7.89. The molecule has 0 aliphatic carbocycles. The van der Waals surface area contributed by atoms with Crippen LogP contribution in [0, 0.1) is 0 Å². The molecule has 0 radical (unpaired) electrons. The number of aromatic nitrogens is 3. The number of nitrogens with one attached hydrogen (secondary N) is 3. The second kappa shape index (κ2) is 10.6. The summed E-state index contributed by atoms with van der Waals surface area (Å²) in [7, 11) is 1.58. The van der Waals surface area contributed by atoms with E-state index >= 15 is 0 Å². The number of hydrogen-bond acceptors (Lipinski definition) is 5. The van der Waals surface area contributed by atoms with Crippen LogP contribution in [0.25, 0.3) is 11.4 Å². The summed E-state index contributed by atoms with van der Waals surface area (Å²) < 4.78 is 7.27. The van der Waals surface area contributed by atoms with Crippen molar-refractivity contribution in [3.05, 3.63) is 54.4 Å². The predicted molar refractivity (Wildman–Crippen MR) is 126 cm³/mol. The van der Waals surface area contributed by atoms with E-state index in [1.54, 1.807) is 31.4 Å². The normalized spacial score (nSPS) is 12.9. The zero-order valence-corrected chi connectivity index (χ0v) is 18.6. The number of benzene rings is 2. The highest BCUT2D eigenvalue weighted by Gasteiger charge is 2.16. The van der Waals surface area contributed by atoms with Gasteiger partial charge in [-0.25, -0.2) is 4.79 Å². The third kappa shape index (κ3) is 5.88. The van der Waals surface area contributed by atoms with Gasteiger partial charge in [0.1, 0.15) is 11.6 Å². The lowest BCUT2D eigenvalue weighted by atomic mass is 10.2. The van der Waals surface area contributed by atoms with Gasteiger partial charge in [-0.2, -0.15) is 0 Å². The molecule has 9 heteroatoms. The summed E-state index contributed by atoms with van der Waals surface area (Å²) in [6, 6.07) is 14.2. The molecule has 0 saturated heterocycles. The van der Waals surface area contributed by atoms with Crippen LogP contribution in [0.4, 0.5) is 16.2 Å². The van der Waals surface area contributed by atoms with E-state index in [0.29, 0.717) is 17.1 Å². The Hall–Kier alpha value is -3.88. The number of amides is 3. The Morgan fingerprint density at radius 2 is 1.85 bits per heavy atom. The lowest BCUT2D eigenvalue weighted by Crippen LogP contribution is -2.31. The summed E-state index contributed by atoms with van der Waals surface area (Å²) in [5, 5.41) is 17.0. The van der Waals surface area contributed by atoms with Crippen LogP contribution >= 0.6 is 0 Å². The number of ether oxygens (including phenoxy) is 1. The molecule has 0 atom stereocenters. The summed E-state index contributed by atoms with van der Waals surface area (Å²) >= 11 is 0. The van der Waals surface area contributed by atoms with Crippen molar-refractivity contribution in [2.75, 3.05) is 24.3 Å². The Labute approximate surface area is 192 Å². The molecule has 0 unspecified atom stereocenters. The van der Waals surface area contributed by atoms with Gasteiger partial charge >= 0.3 is 6.03 Å². The molecule has 0 bridgehead atoms. The molecule has 2 aromatic carbocycles. The van der Waals surface area contributed by atoms with Crippen molar-refractivity contribution in [1.82, 2.24) is 20.1 Å². The van der Waals surface area contributed by atoms with E-state index in [4.69, 9.17) is 4.74 Å². The first-order valence-electron chi connectivity index (χ1n) is 11.1. The summed E-state index contributed by atoms with van der Waals surface area (Å²) in [6.45, 7) is 1.13. The lowest BCUT2D eigenvalue weighted by Gasteiger charge is -2.10. The molecule has 3 amide bonds. The molecule has 172 valence electrons. The molecule has 1 aliphatic heterocycles. The van der Waals surface area contributed by atoms with Crippen molar-refractivity contribution in [2.24, 2.45) is 0 Å². The summed E-state index contributed by atoms with van der Waals surface area (Å²) in [5.41, 5.74) is 2.25. The van der Waals surface area contributed by atoms with Crippen LogP contribution in [-0.4, -0.2) is 40.4 Å². The molecule has 2 heterocycles. The molecule has 0 spiro atoms. The largest absolute Gasteiger partial charge is 0.497 e. The molecular weight excluding hydrogens is 420 g/mol. The van der Waals surface area contributed by atoms with E-state index < -0.39 is 0 Å². The van der Waals surface area contributed by atoms with E-state index in [0.717, 1.165) is 43.0 Å². The lowest BCUT2D eigenvalue weighted by molar-refractivity contribution is -0.116. The number of urea groups is 1. The highest BCUT2D eigenvalue weighted by Crippen LogP contribution is 2.25. The van der Waals surface area contributed by atoms with Gasteiger partial charge in [0.15, 0.2) is 5.82 Å². The van der Waals surface area contributed by atoms with Crippen LogP contribution in [0.3, 0.4) is 0 Å². The molecule has 4 rings (SSSR count). The molecule has 1 aliphatic rings. The average molecular weight is 449 g/mol. The van der Waals surface area contributed by atoms with E-state index in [1.807, 2.05) is 24.3 Å². The molecule has 1 aromatic heterocycles. The highest BCUT2D eigenvalue weighted by atomic mass is 16.5. The molecule has 3 N–H and O–H groups in total. The molecular formula is C24H28N6O3. The number of anilines is 2. The maximum atomic E-state index is 12.4. The molecule has 9 nitrogen and oxygen atoms in total. The topological polar surface area (TPSA) is 110 Å². The fourth-order valence-corrected chi connectivity index (χ4v) is 3.80. The fraction of sp³-hybridized carbons (Fsp3) is 0.333. The Bertz CT molecular complexity index is 1110. The van der Waals surface area contributed by atoms with Crippen molar-refractivity contribution < 1.29 is 14.3 Å². The minimum absolute atomic E-state index is 0.153. The number of carbonyl (C=O) groups excluding carboxylic acids is 2. The first kappa shape index (κ1) is 22.3. The van der Waals surface area contributed by atoms with Crippen LogP contribution < -0.4 is 20.7 Å². The quantitative estimate of drug-likeness (QED) is 0.509. The van der Waals surface area contributed by atoms with Gasteiger partial charge in [0.25, 0.3) is 0 Å². The Kier molecular flexibility index (Phi) is 7.19. The van der Waals surface area contributed by atoms with Crippen LogP contribution in [0.2, 0.25) is 0 Å². The average Bonchev–Trinajstić information content (AvgIpc) is 3.08. The molecule has 3 aromatic rings. The van der Waals surface area contributed by atoms with Gasteiger partial charge in [-0.1, -0.05) is 18.6 Å². The maximum Gasteiger partial charge on any atom is 0.319 e. The smallest absolute Gasteiger partial charge is 0.319 e. The van der Waals surface area contributed by atoms with E-state index in [1.165, 1.54) is 6.42 Å². The number of aryl methyl sites for hydroxylation is 1. The van der Waals surface area contributed by atoms with Crippen LogP contribution in [-0.2, 0) is 17.8 Å². The van der Waals surface area contributed by atoms with Gasteiger partial charge in [0.05, 0.1) is 7.11 Å². The van der Waals surface area contributed by atoms with Crippen molar-refractivity contribution in [2.45, 2.75) is 38.6 Å². The van der Waals surface area contributed by atoms with Crippen LogP contribution in [0.5, 0.6) is 5.75 Å². The van der Waals surface area contributed by atoms with Gasteiger partial charge in [0.2, 0.25) is 5.91 Å². The minimum atomic E-state index is -0.373. The standard InChI is InChI=1S/C24H28N6O3/c1-33-20-11-9-18(10-12-20)27-24(32)25-14-13-22(31)26-19-7-5-6-17(16-19)23-29-28-21-8-3-2-4-15-30(21)23/h5-7,9-12,16H,2-4,8,13-15H2,1H3,(H,26,31)(H2,25,27,32). The first-order chi connectivity index (χ1) is 16.1. The Morgan fingerprint density at radius 1 is 1.00 bits per heavy atom. The monoisotopic (exact) mass is 448 g/mol. The number of fused-ring (bicyclic) bond motifs is 1. The predicted octanol–water partition coefficient (Wildman–Crippen LogP) is 3.83. The zero-order valence-electron chi connectivity index (χ0n) is 18.6. The Balaban J connectivity index is 1.28. The highest BCUT2D eigenvalue weighted by molar-refractivity contribution is 5.93. The first-order valence-corrected chi connectivity index (χ1v) is 11.1. The SMILES string of the molecule is COc1ccc(NC(=O)NCCC(=O)Nc2cccc(-c3nnc4n3CCCCC4)c2)cc1. The van der Waals surface area contributed by atoms with Crippen molar-refractivity contribution in [3.8, 4) is 17.1 Å².